The Bertz CT molecular complexity index is 728. The average molecular weight is 319 g/mol. The molecule has 7 heteroatoms. The molecule has 1 aromatic carbocycles. The summed E-state index contributed by atoms with van der Waals surface area (Å²) in [6, 6.07) is 9.95. The van der Waals surface area contributed by atoms with E-state index < -0.39 is 10.0 Å². The van der Waals surface area contributed by atoms with Crippen molar-refractivity contribution in [1.82, 2.24) is 10.3 Å². The monoisotopic (exact) mass is 319 g/mol. The number of nitrogens with one attached hydrogen (secondary N) is 2. The molecule has 2 aromatic rings. The predicted molar refractivity (Wildman–Crippen MR) is 84.9 cm³/mol. The van der Waals surface area contributed by atoms with Gasteiger partial charge in [0.2, 0.25) is 10.0 Å². The highest BCUT2D eigenvalue weighted by Crippen LogP contribution is 2.11. The topological polar surface area (TPSA) is 88.2 Å². The van der Waals surface area contributed by atoms with Crippen LogP contribution in [0.15, 0.2) is 48.8 Å². The lowest BCUT2D eigenvalue weighted by atomic mass is 10.2. The van der Waals surface area contributed by atoms with E-state index in [-0.39, 0.29) is 11.7 Å². The first-order chi connectivity index (χ1) is 10.5. The molecular formula is C15H17N3O3S. The zero-order chi connectivity index (χ0) is 16.0. The summed E-state index contributed by atoms with van der Waals surface area (Å²) >= 11 is 0. The number of rotatable bonds is 6. The van der Waals surface area contributed by atoms with Gasteiger partial charge >= 0.3 is 0 Å². The lowest BCUT2D eigenvalue weighted by molar-refractivity contribution is 0.0951. The zero-order valence-corrected chi connectivity index (χ0v) is 12.9. The molecule has 0 atom stereocenters. The summed E-state index contributed by atoms with van der Waals surface area (Å²) in [5.41, 5.74) is 1.80. The number of sulfonamides is 1. The summed E-state index contributed by atoms with van der Waals surface area (Å²) in [4.78, 5) is 16.0. The first-order valence-electron chi connectivity index (χ1n) is 6.78. The van der Waals surface area contributed by atoms with Gasteiger partial charge in [-0.3, -0.25) is 14.5 Å². The highest BCUT2D eigenvalue weighted by atomic mass is 32.2. The smallest absolute Gasteiger partial charge is 0.251 e. The minimum atomic E-state index is -3.31. The Morgan fingerprint density at radius 3 is 2.50 bits per heavy atom. The van der Waals surface area contributed by atoms with Crippen LogP contribution in [0.1, 0.15) is 22.8 Å². The molecule has 0 bridgehead atoms. The van der Waals surface area contributed by atoms with Crippen molar-refractivity contribution in [2.24, 2.45) is 0 Å². The molecule has 0 saturated heterocycles. The molecule has 1 aromatic heterocycles. The van der Waals surface area contributed by atoms with Crippen molar-refractivity contribution >= 4 is 21.6 Å². The summed E-state index contributed by atoms with van der Waals surface area (Å²) in [5, 5.41) is 2.78. The molecule has 1 heterocycles. The highest BCUT2D eigenvalue weighted by molar-refractivity contribution is 7.92. The molecule has 2 rings (SSSR count). The number of pyridine rings is 1. The number of anilines is 1. The van der Waals surface area contributed by atoms with E-state index in [1.165, 1.54) is 0 Å². The van der Waals surface area contributed by atoms with Crippen molar-refractivity contribution < 1.29 is 13.2 Å². The van der Waals surface area contributed by atoms with Crippen LogP contribution < -0.4 is 10.0 Å². The zero-order valence-electron chi connectivity index (χ0n) is 12.1. The van der Waals surface area contributed by atoms with E-state index in [0.717, 1.165) is 5.56 Å². The van der Waals surface area contributed by atoms with Gasteiger partial charge in [-0.2, -0.15) is 0 Å². The summed E-state index contributed by atoms with van der Waals surface area (Å²) in [6.07, 6.45) is 3.35. The van der Waals surface area contributed by atoms with Crippen LogP contribution in [0.4, 0.5) is 5.69 Å². The Morgan fingerprint density at radius 1 is 1.18 bits per heavy atom. The molecular weight excluding hydrogens is 302 g/mol. The number of hydrogen-bond donors (Lipinski definition) is 2. The second-order valence-electron chi connectivity index (χ2n) is 4.63. The van der Waals surface area contributed by atoms with Crippen LogP contribution in [0.2, 0.25) is 0 Å². The lowest BCUT2D eigenvalue weighted by Crippen LogP contribution is -2.22. The van der Waals surface area contributed by atoms with E-state index in [1.54, 1.807) is 49.6 Å². The fraction of sp³-hybridized carbons (Fsp3) is 0.200. The second-order valence-corrected chi connectivity index (χ2v) is 6.64. The molecule has 0 unspecified atom stereocenters. The lowest BCUT2D eigenvalue weighted by Gasteiger charge is -2.08. The highest BCUT2D eigenvalue weighted by Gasteiger charge is 2.08. The van der Waals surface area contributed by atoms with E-state index in [2.05, 4.69) is 15.0 Å². The Morgan fingerprint density at radius 2 is 1.91 bits per heavy atom. The molecule has 2 N–H and O–H groups in total. The van der Waals surface area contributed by atoms with Crippen LogP contribution in [0, 0.1) is 0 Å². The number of carbonyl (C=O) groups excluding carboxylic acids is 1. The van der Waals surface area contributed by atoms with Crippen LogP contribution in [-0.4, -0.2) is 25.1 Å². The van der Waals surface area contributed by atoms with Crippen LogP contribution in [0.5, 0.6) is 0 Å². The second kappa shape index (κ2) is 7.04. The van der Waals surface area contributed by atoms with Crippen molar-refractivity contribution in [2.45, 2.75) is 13.5 Å². The Labute approximate surface area is 129 Å². The van der Waals surface area contributed by atoms with Crippen molar-refractivity contribution in [3.8, 4) is 0 Å². The third-order valence-corrected chi connectivity index (χ3v) is 4.28. The number of amides is 1. The molecule has 0 spiro atoms. The van der Waals surface area contributed by atoms with Crippen LogP contribution in [0.25, 0.3) is 0 Å². The summed E-state index contributed by atoms with van der Waals surface area (Å²) < 4.78 is 25.3. The Kier molecular flexibility index (Phi) is 5.11. The van der Waals surface area contributed by atoms with E-state index in [4.69, 9.17) is 0 Å². The molecule has 1 amide bonds. The first-order valence-corrected chi connectivity index (χ1v) is 8.43. The van der Waals surface area contributed by atoms with Gasteiger partial charge in [-0.25, -0.2) is 8.42 Å². The van der Waals surface area contributed by atoms with Gasteiger partial charge in [0.15, 0.2) is 0 Å². The number of aromatic nitrogens is 1. The van der Waals surface area contributed by atoms with E-state index in [1.807, 2.05) is 6.07 Å². The van der Waals surface area contributed by atoms with Gasteiger partial charge in [0.05, 0.1) is 5.75 Å². The Balaban J connectivity index is 1.96. The van der Waals surface area contributed by atoms with Crippen molar-refractivity contribution in [3.05, 3.63) is 59.9 Å². The van der Waals surface area contributed by atoms with E-state index in [9.17, 15) is 13.2 Å². The van der Waals surface area contributed by atoms with Gasteiger partial charge in [0.1, 0.15) is 0 Å². The average Bonchev–Trinajstić information content (AvgIpc) is 2.54. The summed E-state index contributed by atoms with van der Waals surface area (Å²) in [7, 11) is -3.31. The molecule has 116 valence electrons. The van der Waals surface area contributed by atoms with Gasteiger partial charge in [-0.15, -0.1) is 0 Å². The van der Waals surface area contributed by atoms with Crippen molar-refractivity contribution in [2.75, 3.05) is 10.5 Å². The third kappa shape index (κ3) is 4.56. The maximum atomic E-state index is 12.0. The Hall–Kier alpha value is -2.41. The quantitative estimate of drug-likeness (QED) is 0.849. The molecule has 0 aliphatic heterocycles. The first kappa shape index (κ1) is 16.0. The minimum absolute atomic E-state index is 0.000346. The molecule has 0 aliphatic carbocycles. The van der Waals surface area contributed by atoms with Crippen molar-refractivity contribution in [1.29, 1.82) is 0 Å². The van der Waals surface area contributed by atoms with Crippen molar-refractivity contribution in [3.63, 3.8) is 0 Å². The molecule has 0 aliphatic rings. The minimum Gasteiger partial charge on any atom is -0.348 e. The summed E-state index contributed by atoms with van der Waals surface area (Å²) in [6.45, 7) is 1.94. The number of nitrogens with zero attached hydrogens (tertiary/aromatic N) is 1. The van der Waals surface area contributed by atoms with E-state index in [0.29, 0.717) is 17.8 Å². The SMILES string of the molecule is CCS(=O)(=O)Nc1ccc(C(=O)NCc2cccnc2)cc1. The molecule has 6 nitrogen and oxygen atoms in total. The largest absolute Gasteiger partial charge is 0.348 e. The maximum Gasteiger partial charge on any atom is 0.251 e. The number of hydrogen-bond acceptors (Lipinski definition) is 4. The van der Waals surface area contributed by atoms with E-state index >= 15 is 0 Å². The predicted octanol–water partition coefficient (Wildman–Crippen LogP) is 1.77. The van der Waals surface area contributed by atoms with Gasteiger partial charge in [-0.1, -0.05) is 6.07 Å². The summed E-state index contributed by atoms with van der Waals surface area (Å²) in [5.74, 6) is -0.228. The van der Waals surface area contributed by atoms with Gasteiger partial charge in [0.25, 0.3) is 5.91 Å². The molecule has 0 saturated carbocycles. The third-order valence-electron chi connectivity index (χ3n) is 2.98. The number of benzene rings is 1. The molecule has 0 fully saturated rings. The maximum absolute atomic E-state index is 12.0. The van der Waals surface area contributed by atoms with Gasteiger partial charge in [0, 0.05) is 30.2 Å². The molecule has 0 radical (unpaired) electrons. The van der Waals surface area contributed by atoms with Gasteiger partial charge < -0.3 is 5.32 Å². The standard InChI is InChI=1S/C15H17N3O3S/c1-2-22(20,21)18-14-7-5-13(6-8-14)15(19)17-11-12-4-3-9-16-10-12/h3-10,18H,2,11H2,1H3,(H,17,19). The van der Waals surface area contributed by atoms with Crippen LogP contribution in [0.3, 0.4) is 0 Å². The normalized spacial score (nSPS) is 11.0. The fourth-order valence-electron chi connectivity index (χ4n) is 1.73. The van der Waals surface area contributed by atoms with Crippen LogP contribution >= 0.6 is 0 Å². The van der Waals surface area contributed by atoms with Gasteiger partial charge in [-0.05, 0) is 42.8 Å². The fourth-order valence-corrected chi connectivity index (χ4v) is 2.37. The molecule has 22 heavy (non-hydrogen) atoms. The number of carbonyl (C=O) groups is 1. The van der Waals surface area contributed by atoms with Crippen LogP contribution in [-0.2, 0) is 16.6 Å².